The largest absolute Gasteiger partial charge is 0.355 e. The summed E-state index contributed by atoms with van der Waals surface area (Å²) in [4.78, 5) is 30.7. The topological polar surface area (TPSA) is 120 Å². The van der Waals surface area contributed by atoms with Crippen LogP contribution in [0.3, 0.4) is 0 Å². The van der Waals surface area contributed by atoms with Crippen LogP contribution in [0.2, 0.25) is 0 Å². The Labute approximate surface area is 234 Å². The molecule has 0 aliphatic carbocycles. The fourth-order valence-electron chi connectivity index (χ4n) is 4.72. The normalized spacial score (nSPS) is 14.4. The highest BCUT2D eigenvalue weighted by atomic mass is 32.2. The number of nitrogens with zero attached hydrogens (tertiary/aromatic N) is 5. The molecule has 1 amide bonds. The second kappa shape index (κ2) is 12.0. The molecule has 10 nitrogen and oxygen atoms in total. The number of nitrogens with one attached hydrogen (secondary N) is 2. The number of piperidine rings is 1. The van der Waals surface area contributed by atoms with Crippen molar-refractivity contribution in [1.29, 1.82) is 0 Å². The number of amides is 1. The highest BCUT2D eigenvalue weighted by Crippen LogP contribution is 2.28. The number of carbonyl (C=O) groups excluding carboxylic acids is 1. The van der Waals surface area contributed by atoms with Gasteiger partial charge in [0.15, 0.2) is 0 Å². The fraction of sp³-hybridized carbons (Fsp3) is 0.310. The molecule has 0 spiro atoms. The Morgan fingerprint density at radius 3 is 2.50 bits per heavy atom. The van der Waals surface area contributed by atoms with Gasteiger partial charge in [-0.05, 0) is 62.8 Å². The number of pyridine rings is 1. The van der Waals surface area contributed by atoms with Crippen LogP contribution in [0.5, 0.6) is 0 Å². The number of anilines is 2. The third-order valence-corrected chi connectivity index (χ3v) is 8.35. The summed E-state index contributed by atoms with van der Waals surface area (Å²) < 4.78 is 28.1. The van der Waals surface area contributed by atoms with Crippen molar-refractivity contribution < 1.29 is 13.2 Å². The van der Waals surface area contributed by atoms with E-state index in [9.17, 15) is 13.2 Å². The molecule has 0 unspecified atom stereocenters. The molecule has 2 aromatic heterocycles. The third-order valence-electron chi connectivity index (χ3n) is 6.95. The Hall–Kier alpha value is -4.09. The standard InChI is InChI=1S/C29H33N7O3S/c1-35(2)15-12-31-29(37)21-10-13-36(14-11-21)28-20-32-26-9-8-22(17-27(26)33-28)23-16-24(19-30-18-23)34-40(38,39)25-6-4-3-5-7-25/h3-9,16-21,34H,10-15H2,1-2H3,(H,31,37). The Balaban J connectivity index is 1.28. The van der Waals surface area contributed by atoms with Gasteiger partial charge in [-0.3, -0.25) is 19.5 Å². The average Bonchev–Trinajstić information content (AvgIpc) is 2.97. The maximum atomic E-state index is 12.8. The van der Waals surface area contributed by atoms with E-state index in [1.807, 2.05) is 37.2 Å². The number of benzene rings is 2. The highest BCUT2D eigenvalue weighted by molar-refractivity contribution is 7.92. The zero-order valence-corrected chi connectivity index (χ0v) is 23.4. The molecule has 4 aromatic rings. The summed E-state index contributed by atoms with van der Waals surface area (Å²) in [6, 6.07) is 15.7. The maximum Gasteiger partial charge on any atom is 0.261 e. The predicted molar refractivity (Wildman–Crippen MR) is 157 cm³/mol. The molecule has 11 heteroatoms. The lowest BCUT2D eigenvalue weighted by molar-refractivity contribution is -0.125. The van der Waals surface area contributed by atoms with Crippen LogP contribution in [0.4, 0.5) is 11.5 Å². The monoisotopic (exact) mass is 559 g/mol. The zero-order valence-electron chi connectivity index (χ0n) is 22.6. The number of carbonyl (C=O) groups is 1. The van der Waals surface area contributed by atoms with Gasteiger partial charge in [0.25, 0.3) is 10.0 Å². The van der Waals surface area contributed by atoms with Gasteiger partial charge < -0.3 is 15.1 Å². The Kier molecular flexibility index (Phi) is 8.22. The molecule has 1 aliphatic heterocycles. The van der Waals surface area contributed by atoms with Gasteiger partial charge in [0.1, 0.15) is 5.82 Å². The molecule has 0 radical (unpaired) electrons. The minimum Gasteiger partial charge on any atom is -0.355 e. The first kappa shape index (κ1) is 27.5. The van der Waals surface area contributed by atoms with Crippen molar-refractivity contribution >= 4 is 38.5 Å². The summed E-state index contributed by atoms with van der Waals surface area (Å²) in [7, 11) is 0.251. The van der Waals surface area contributed by atoms with Crippen LogP contribution in [0.15, 0.2) is 78.1 Å². The molecule has 208 valence electrons. The van der Waals surface area contributed by atoms with E-state index in [2.05, 4.69) is 24.9 Å². The third kappa shape index (κ3) is 6.54. The van der Waals surface area contributed by atoms with Gasteiger partial charge in [-0.25, -0.2) is 13.4 Å². The Bertz CT molecular complexity index is 1590. The second-order valence-electron chi connectivity index (χ2n) is 10.2. The lowest BCUT2D eigenvalue weighted by Crippen LogP contribution is -2.42. The molecular formula is C29H33N7O3S. The summed E-state index contributed by atoms with van der Waals surface area (Å²) >= 11 is 0. The molecule has 0 bridgehead atoms. The fourth-order valence-corrected chi connectivity index (χ4v) is 5.77. The van der Waals surface area contributed by atoms with E-state index < -0.39 is 10.0 Å². The molecule has 2 N–H and O–H groups in total. The van der Waals surface area contributed by atoms with Gasteiger partial charge in [0, 0.05) is 43.9 Å². The van der Waals surface area contributed by atoms with E-state index >= 15 is 0 Å². The van der Waals surface area contributed by atoms with E-state index in [1.54, 1.807) is 48.8 Å². The van der Waals surface area contributed by atoms with Crippen molar-refractivity contribution in [3.05, 3.63) is 73.2 Å². The second-order valence-corrected chi connectivity index (χ2v) is 11.9. The van der Waals surface area contributed by atoms with Crippen LogP contribution in [0.1, 0.15) is 12.8 Å². The molecular weight excluding hydrogens is 526 g/mol. The summed E-state index contributed by atoms with van der Waals surface area (Å²) in [5, 5.41) is 3.04. The number of sulfonamides is 1. The average molecular weight is 560 g/mol. The number of hydrogen-bond donors (Lipinski definition) is 2. The summed E-state index contributed by atoms with van der Waals surface area (Å²) in [5.74, 6) is 0.911. The number of likely N-dealkylation sites (N-methyl/N-ethyl adjacent to an activating group) is 1. The van der Waals surface area contributed by atoms with Crippen molar-refractivity contribution in [1.82, 2.24) is 25.2 Å². The number of rotatable bonds is 9. The molecule has 40 heavy (non-hydrogen) atoms. The number of fused-ring (bicyclic) bond motifs is 1. The lowest BCUT2D eigenvalue weighted by Gasteiger charge is -2.32. The zero-order chi connectivity index (χ0) is 28.1. The van der Waals surface area contributed by atoms with Crippen LogP contribution in [0, 0.1) is 5.92 Å². The predicted octanol–water partition coefficient (Wildman–Crippen LogP) is 3.39. The summed E-state index contributed by atoms with van der Waals surface area (Å²) in [6.45, 7) is 2.95. The first-order chi connectivity index (χ1) is 19.3. The van der Waals surface area contributed by atoms with Crippen molar-refractivity contribution in [2.75, 3.05) is 49.9 Å². The molecule has 0 saturated carbocycles. The van der Waals surface area contributed by atoms with Gasteiger partial charge in [0.05, 0.1) is 34.0 Å². The van der Waals surface area contributed by atoms with E-state index in [1.165, 1.54) is 6.20 Å². The van der Waals surface area contributed by atoms with E-state index in [0.29, 0.717) is 12.2 Å². The molecule has 1 fully saturated rings. The van der Waals surface area contributed by atoms with Crippen molar-refractivity contribution in [3.8, 4) is 11.1 Å². The molecule has 1 saturated heterocycles. The van der Waals surface area contributed by atoms with Gasteiger partial charge in [-0.15, -0.1) is 0 Å². The minimum absolute atomic E-state index is 0.0116. The van der Waals surface area contributed by atoms with Crippen molar-refractivity contribution in [2.24, 2.45) is 5.92 Å². The van der Waals surface area contributed by atoms with Gasteiger partial charge in [-0.1, -0.05) is 24.3 Å². The first-order valence-electron chi connectivity index (χ1n) is 13.3. The van der Waals surface area contributed by atoms with Crippen LogP contribution in [-0.4, -0.2) is 74.5 Å². The maximum absolute atomic E-state index is 12.8. The number of hydrogen-bond acceptors (Lipinski definition) is 8. The van der Waals surface area contributed by atoms with Gasteiger partial charge >= 0.3 is 0 Å². The summed E-state index contributed by atoms with van der Waals surface area (Å²) in [6.07, 6.45) is 6.48. The van der Waals surface area contributed by atoms with Crippen molar-refractivity contribution in [2.45, 2.75) is 17.7 Å². The molecule has 5 rings (SSSR count). The highest BCUT2D eigenvalue weighted by Gasteiger charge is 2.25. The van der Waals surface area contributed by atoms with Crippen LogP contribution >= 0.6 is 0 Å². The molecule has 2 aromatic carbocycles. The smallest absolute Gasteiger partial charge is 0.261 e. The number of aromatic nitrogens is 3. The Morgan fingerprint density at radius 1 is 0.975 bits per heavy atom. The van der Waals surface area contributed by atoms with Gasteiger partial charge in [0.2, 0.25) is 5.91 Å². The summed E-state index contributed by atoms with van der Waals surface area (Å²) in [5.41, 5.74) is 3.46. The van der Waals surface area contributed by atoms with E-state index in [-0.39, 0.29) is 16.7 Å². The van der Waals surface area contributed by atoms with E-state index in [0.717, 1.165) is 60.5 Å². The molecule has 1 aliphatic rings. The molecule has 0 atom stereocenters. The SMILES string of the molecule is CN(C)CCNC(=O)C1CCN(c2cnc3ccc(-c4cncc(NS(=O)(=O)c5ccccc5)c4)cc3n2)CC1. The van der Waals surface area contributed by atoms with Crippen molar-refractivity contribution in [3.63, 3.8) is 0 Å². The quantitative estimate of drug-likeness (QED) is 0.320. The van der Waals surface area contributed by atoms with Crippen LogP contribution in [-0.2, 0) is 14.8 Å². The molecule has 3 heterocycles. The minimum atomic E-state index is -3.73. The van der Waals surface area contributed by atoms with Crippen LogP contribution in [0.25, 0.3) is 22.2 Å². The van der Waals surface area contributed by atoms with Crippen LogP contribution < -0.4 is 14.9 Å². The Morgan fingerprint density at radius 2 is 1.75 bits per heavy atom. The van der Waals surface area contributed by atoms with Gasteiger partial charge in [-0.2, -0.15) is 0 Å². The lowest BCUT2D eigenvalue weighted by atomic mass is 9.96. The first-order valence-corrected chi connectivity index (χ1v) is 14.7. The van der Waals surface area contributed by atoms with E-state index in [4.69, 9.17) is 4.98 Å².